The van der Waals surface area contributed by atoms with Gasteiger partial charge in [-0.3, -0.25) is 0 Å². The number of hydrogen-bond acceptors (Lipinski definition) is 6. The average molecular weight is 351 g/mol. The maximum Gasteiger partial charge on any atom is 0.350 e. The Morgan fingerprint density at radius 1 is 1.29 bits per heavy atom. The number of carbonyl (C=O) groups is 2. The zero-order valence-electron chi connectivity index (χ0n) is 11.3. The first-order valence-corrected chi connectivity index (χ1v) is 6.75. The lowest BCUT2D eigenvalue weighted by Gasteiger charge is -2.29. The van der Waals surface area contributed by atoms with Gasteiger partial charge in [-0.1, -0.05) is 15.9 Å². The van der Waals surface area contributed by atoms with Gasteiger partial charge in [0.15, 0.2) is 5.57 Å². The van der Waals surface area contributed by atoms with E-state index in [1.807, 2.05) is 6.07 Å². The molecule has 1 aliphatic heterocycles. The molecule has 0 radical (unpaired) electrons. The summed E-state index contributed by atoms with van der Waals surface area (Å²) in [6, 6.07) is 6.98. The lowest BCUT2D eigenvalue weighted by Crippen LogP contribution is -2.42. The number of rotatable bonds is 2. The van der Waals surface area contributed by atoms with E-state index in [0.29, 0.717) is 11.3 Å². The van der Waals surface area contributed by atoms with Crippen LogP contribution in [0.2, 0.25) is 0 Å². The first-order valence-electron chi connectivity index (χ1n) is 5.95. The van der Waals surface area contributed by atoms with Crippen LogP contribution in [0.25, 0.3) is 0 Å². The van der Waals surface area contributed by atoms with Crippen molar-refractivity contribution in [3.63, 3.8) is 0 Å². The lowest BCUT2D eigenvalue weighted by atomic mass is 10.2. The highest BCUT2D eigenvalue weighted by molar-refractivity contribution is 9.10. The Morgan fingerprint density at radius 3 is 2.48 bits per heavy atom. The number of carbonyl (C=O) groups excluding carboxylic acids is 2. The number of anilines is 1. The molecule has 1 heterocycles. The van der Waals surface area contributed by atoms with Crippen molar-refractivity contribution in [1.82, 2.24) is 0 Å². The molecule has 0 amide bonds. The van der Waals surface area contributed by atoms with Crippen molar-refractivity contribution in [2.24, 2.45) is 0 Å². The SMILES string of the molecule is CC1(C)OC(=O)C(=CNc2ccc(Br)cc2C#N)C(=O)O1. The van der Waals surface area contributed by atoms with Crippen LogP contribution in [-0.4, -0.2) is 17.7 Å². The van der Waals surface area contributed by atoms with Gasteiger partial charge in [0.1, 0.15) is 6.07 Å². The van der Waals surface area contributed by atoms with E-state index in [4.69, 9.17) is 14.7 Å². The van der Waals surface area contributed by atoms with Crippen molar-refractivity contribution in [3.8, 4) is 6.07 Å². The first kappa shape index (κ1) is 15.1. The van der Waals surface area contributed by atoms with Crippen molar-refractivity contribution >= 4 is 33.6 Å². The summed E-state index contributed by atoms with van der Waals surface area (Å²) < 4.78 is 10.7. The molecular weight excluding hydrogens is 340 g/mol. The third-order valence-corrected chi connectivity index (χ3v) is 3.08. The third kappa shape index (κ3) is 3.41. The molecule has 1 aromatic carbocycles. The van der Waals surface area contributed by atoms with Crippen LogP contribution in [0.15, 0.2) is 34.4 Å². The van der Waals surface area contributed by atoms with E-state index in [1.165, 1.54) is 20.0 Å². The molecule has 21 heavy (non-hydrogen) atoms. The topological polar surface area (TPSA) is 88.4 Å². The molecule has 0 bridgehead atoms. The van der Waals surface area contributed by atoms with Crippen LogP contribution < -0.4 is 5.32 Å². The van der Waals surface area contributed by atoms with E-state index < -0.39 is 17.7 Å². The smallest absolute Gasteiger partial charge is 0.350 e. The molecule has 1 saturated heterocycles. The van der Waals surface area contributed by atoms with Gasteiger partial charge in [-0.25, -0.2) is 9.59 Å². The number of hydrogen-bond donors (Lipinski definition) is 1. The second-order valence-electron chi connectivity index (χ2n) is 4.68. The molecule has 1 aliphatic rings. The minimum absolute atomic E-state index is 0.263. The van der Waals surface area contributed by atoms with E-state index in [9.17, 15) is 9.59 Å². The van der Waals surface area contributed by atoms with E-state index in [1.54, 1.807) is 18.2 Å². The largest absolute Gasteiger partial charge is 0.419 e. The molecule has 1 aromatic rings. The van der Waals surface area contributed by atoms with Crippen molar-refractivity contribution in [3.05, 3.63) is 40.0 Å². The number of esters is 2. The molecule has 1 fully saturated rings. The van der Waals surface area contributed by atoms with Crippen LogP contribution >= 0.6 is 15.9 Å². The number of ether oxygens (including phenoxy) is 2. The fourth-order valence-corrected chi connectivity index (χ4v) is 2.02. The van der Waals surface area contributed by atoms with Crippen molar-refractivity contribution in [1.29, 1.82) is 5.26 Å². The minimum Gasteiger partial charge on any atom is -0.419 e. The van der Waals surface area contributed by atoms with Gasteiger partial charge >= 0.3 is 11.9 Å². The van der Waals surface area contributed by atoms with E-state index in [0.717, 1.165) is 4.47 Å². The Bertz CT molecular complexity index is 667. The van der Waals surface area contributed by atoms with E-state index in [-0.39, 0.29) is 5.57 Å². The molecule has 0 aliphatic carbocycles. The zero-order chi connectivity index (χ0) is 15.6. The Kier molecular flexibility index (Phi) is 4.00. The van der Waals surface area contributed by atoms with Gasteiger partial charge in [0.25, 0.3) is 5.79 Å². The number of benzene rings is 1. The predicted molar refractivity (Wildman–Crippen MR) is 76.8 cm³/mol. The van der Waals surface area contributed by atoms with E-state index in [2.05, 4.69) is 21.2 Å². The predicted octanol–water partition coefficient (Wildman–Crippen LogP) is 2.45. The van der Waals surface area contributed by atoms with Crippen LogP contribution in [0.5, 0.6) is 0 Å². The highest BCUT2D eigenvalue weighted by Gasteiger charge is 2.38. The van der Waals surface area contributed by atoms with Crippen LogP contribution in [0, 0.1) is 11.3 Å². The van der Waals surface area contributed by atoms with Gasteiger partial charge in [0, 0.05) is 24.5 Å². The zero-order valence-corrected chi connectivity index (χ0v) is 12.9. The fourth-order valence-electron chi connectivity index (χ4n) is 1.66. The Hall–Kier alpha value is -2.33. The van der Waals surface area contributed by atoms with Crippen molar-refractivity contribution < 1.29 is 19.1 Å². The number of halogens is 1. The summed E-state index contributed by atoms with van der Waals surface area (Å²) >= 11 is 3.25. The summed E-state index contributed by atoms with van der Waals surface area (Å²) in [6.45, 7) is 2.94. The Balaban J connectivity index is 2.24. The monoisotopic (exact) mass is 350 g/mol. The van der Waals surface area contributed by atoms with Gasteiger partial charge in [-0.05, 0) is 18.2 Å². The van der Waals surface area contributed by atoms with Gasteiger partial charge < -0.3 is 14.8 Å². The molecule has 1 N–H and O–H groups in total. The Morgan fingerprint density at radius 2 is 1.90 bits per heavy atom. The van der Waals surface area contributed by atoms with Crippen molar-refractivity contribution in [2.45, 2.75) is 19.6 Å². The summed E-state index contributed by atoms with van der Waals surface area (Å²) in [5, 5.41) is 11.8. The van der Waals surface area contributed by atoms with Crippen LogP contribution in [0.3, 0.4) is 0 Å². The highest BCUT2D eigenvalue weighted by Crippen LogP contribution is 2.24. The lowest BCUT2D eigenvalue weighted by molar-refractivity contribution is -0.222. The average Bonchev–Trinajstić information content (AvgIpc) is 2.37. The minimum atomic E-state index is -1.28. The molecular formula is C14H11BrN2O4. The molecule has 0 unspecified atom stereocenters. The summed E-state index contributed by atoms with van der Waals surface area (Å²) in [7, 11) is 0. The normalized spacial score (nSPS) is 16.6. The van der Waals surface area contributed by atoms with Gasteiger partial charge in [-0.15, -0.1) is 0 Å². The second kappa shape index (κ2) is 5.58. The highest BCUT2D eigenvalue weighted by atomic mass is 79.9. The first-order chi connectivity index (χ1) is 9.82. The van der Waals surface area contributed by atoms with Gasteiger partial charge in [0.2, 0.25) is 0 Å². The standard InChI is InChI=1S/C14H11BrN2O4/c1-14(2)20-12(18)10(13(19)21-14)7-17-11-4-3-9(15)5-8(11)6-16/h3-5,7,17H,1-2H3. The molecule has 0 saturated carbocycles. The summed E-state index contributed by atoms with van der Waals surface area (Å²) in [5.74, 6) is -2.83. The fraction of sp³-hybridized carbons (Fsp3) is 0.214. The maximum absolute atomic E-state index is 11.7. The quantitative estimate of drug-likeness (QED) is 0.500. The van der Waals surface area contributed by atoms with Gasteiger partial charge in [-0.2, -0.15) is 5.26 Å². The molecule has 0 atom stereocenters. The van der Waals surface area contributed by atoms with Gasteiger partial charge in [0.05, 0.1) is 11.3 Å². The molecule has 0 aromatic heterocycles. The third-order valence-electron chi connectivity index (χ3n) is 2.59. The van der Waals surface area contributed by atoms with E-state index >= 15 is 0 Å². The number of nitriles is 1. The summed E-state index contributed by atoms with van der Waals surface area (Å²) in [5.41, 5.74) is 0.555. The molecule has 6 nitrogen and oxygen atoms in total. The van der Waals surface area contributed by atoms with Crippen LogP contribution in [0.4, 0.5) is 5.69 Å². The molecule has 2 rings (SSSR count). The summed E-state index contributed by atoms with van der Waals surface area (Å²) in [6.07, 6.45) is 1.17. The molecule has 108 valence electrons. The second-order valence-corrected chi connectivity index (χ2v) is 5.60. The number of nitrogens with one attached hydrogen (secondary N) is 1. The van der Waals surface area contributed by atoms with Crippen LogP contribution in [0.1, 0.15) is 19.4 Å². The molecule has 7 heteroatoms. The number of nitrogens with zero attached hydrogens (tertiary/aromatic N) is 1. The number of cyclic esters (lactones) is 2. The summed E-state index contributed by atoms with van der Waals surface area (Å²) in [4.78, 5) is 23.5. The maximum atomic E-state index is 11.7. The van der Waals surface area contributed by atoms with Crippen molar-refractivity contribution in [2.75, 3.05) is 5.32 Å². The van der Waals surface area contributed by atoms with Crippen LogP contribution in [-0.2, 0) is 19.1 Å². The Labute approximate surface area is 129 Å². The molecule has 0 spiro atoms.